The normalized spacial score (nSPS) is 33.3. The molecule has 0 aliphatic carbocycles. The highest BCUT2D eigenvalue weighted by Gasteiger charge is 2.49. The third-order valence-corrected chi connectivity index (χ3v) is 2.34. The predicted molar refractivity (Wildman–Crippen MR) is 47.6 cm³/mol. The summed E-state index contributed by atoms with van der Waals surface area (Å²) in [6.07, 6.45) is 0.840. The Morgan fingerprint density at radius 1 is 1.42 bits per heavy atom. The summed E-state index contributed by atoms with van der Waals surface area (Å²) in [5.74, 6) is 0. The van der Waals surface area contributed by atoms with Gasteiger partial charge in [0, 0.05) is 6.42 Å². The molecule has 0 spiro atoms. The molecule has 0 radical (unpaired) electrons. The molecule has 1 saturated heterocycles. The van der Waals surface area contributed by atoms with Crippen molar-refractivity contribution in [3.05, 3.63) is 35.9 Å². The zero-order chi connectivity index (χ0) is 8.60. The van der Waals surface area contributed by atoms with Crippen molar-refractivity contribution < 1.29 is 4.74 Å². The summed E-state index contributed by atoms with van der Waals surface area (Å²) in [4.78, 5) is 0. The molecule has 1 aliphatic heterocycles. The molecule has 2 atom stereocenters. The van der Waals surface area contributed by atoms with E-state index in [2.05, 4.69) is 12.1 Å². The zero-order valence-electron chi connectivity index (χ0n) is 7.16. The molecule has 0 amide bonds. The van der Waals surface area contributed by atoms with Crippen molar-refractivity contribution in [2.75, 3.05) is 0 Å². The summed E-state index contributed by atoms with van der Waals surface area (Å²) in [7, 11) is 0. The van der Waals surface area contributed by atoms with Gasteiger partial charge in [-0.1, -0.05) is 30.3 Å². The van der Waals surface area contributed by atoms with E-state index in [-0.39, 0.29) is 11.8 Å². The minimum absolute atomic E-state index is 0.0716. The molecule has 2 N–H and O–H groups in total. The van der Waals surface area contributed by atoms with Crippen LogP contribution in [0.2, 0.25) is 0 Å². The van der Waals surface area contributed by atoms with Gasteiger partial charge < -0.3 is 10.5 Å². The van der Waals surface area contributed by atoms with Crippen LogP contribution < -0.4 is 5.73 Å². The molecule has 2 heteroatoms. The SMILES string of the molecule is CC1(Cc2ccccc2)OC1N. The number of epoxide rings is 1. The van der Waals surface area contributed by atoms with E-state index in [4.69, 9.17) is 10.5 Å². The molecule has 2 nitrogen and oxygen atoms in total. The van der Waals surface area contributed by atoms with Gasteiger partial charge in [-0.15, -0.1) is 0 Å². The van der Waals surface area contributed by atoms with Crippen LogP contribution in [-0.4, -0.2) is 11.8 Å². The molecule has 1 aromatic carbocycles. The highest BCUT2D eigenvalue weighted by molar-refractivity contribution is 5.19. The third kappa shape index (κ3) is 1.36. The Hall–Kier alpha value is -0.860. The van der Waals surface area contributed by atoms with Crippen molar-refractivity contribution in [1.82, 2.24) is 0 Å². The van der Waals surface area contributed by atoms with Gasteiger partial charge in [0.2, 0.25) is 0 Å². The van der Waals surface area contributed by atoms with Crippen LogP contribution in [0.4, 0.5) is 0 Å². The Labute approximate surface area is 72.3 Å². The maximum atomic E-state index is 5.63. The number of ether oxygens (including phenoxy) is 1. The van der Waals surface area contributed by atoms with Gasteiger partial charge in [0.15, 0.2) is 0 Å². The lowest BCUT2D eigenvalue weighted by atomic mass is 10.0. The summed E-state index contributed by atoms with van der Waals surface area (Å²) in [6, 6.07) is 10.3. The standard InChI is InChI=1S/C10H13NO/c1-10(9(11)12-10)7-8-5-3-2-4-6-8/h2-6,9H,7,11H2,1H3. The van der Waals surface area contributed by atoms with Crippen molar-refractivity contribution in [2.24, 2.45) is 5.73 Å². The highest BCUT2D eigenvalue weighted by Crippen LogP contribution is 2.35. The number of nitrogens with two attached hydrogens (primary N) is 1. The molecule has 0 saturated carbocycles. The van der Waals surface area contributed by atoms with E-state index in [0.717, 1.165) is 6.42 Å². The molecular weight excluding hydrogens is 150 g/mol. The molecular formula is C10H13NO. The number of hydrogen-bond donors (Lipinski definition) is 1. The number of hydrogen-bond acceptors (Lipinski definition) is 2. The van der Waals surface area contributed by atoms with Gasteiger partial charge in [-0.25, -0.2) is 0 Å². The maximum absolute atomic E-state index is 5.63. The van der Waals surface area contributed by atoms with Crippen LogP contribution in [0.25, 0.3) is 0 Å². The fraction of sp³-hybridized carbons (Fsp3) is 0.400. The first-order valence-corrected chi connectivity index (χ1v) is 4.18. The second-order valence-electron chi connectivity index (χ2n) is 3.51. The fourth-order valence-electron chi connectivity index (χ4n) is 1.40. The smallest absolute Gasteiger partial charge is 0.136 e. The van der Waals surface area contributed by atoms with Gasteiger partial charge >= 0.3 is 0 Å². The van der Waals surface area contributed by atoms with Crippen molar-refractivity contribution in [2.45, 2.75) is 25.2 Å². The second kappa shape index (κ2) is 2.57. The average molecular weight is 163 g/mol. The van der Waals surface area contributed by atoms with E-state index in [1.165, 1.54) is 5.56 Å². The van der Waals surface area contributed by atoms with E-state index in [1.807, 2.05) is 25.1 Å². The van der Waals surface area contributed by atoms with E-state index in [1.54, 1.807) is 0 Å². The quantitative estimate of drug-likeness (QED) is 0.667. The van der Waals surface area contributed by atoms with E-state index >= 15 is 0 Å². The molecule has 0 bridgehead atoms. The third-order valence-electron chi connectivity index (χ3n) is 2.34. The highest BCUT2D eigenvalue weighted by atomic mass is 16.6. The molecule has 12 heavy (non-hydrogen) atoms. The van der Waals surface area contributed by atoms with Crippen molar-refractivity contribution in [3.8, 4) is 0 Å². The summed E-state index contributed by atoms with van der Waals surface area (Å²) in [6.45, 7) is 2.05. The van der Waals surface area contributed by atoms with Crippen LogP contribution in [0.15, 0.2) is 30.3 Å². The first-order chi connectivity index (χ1) is 5.71. The van der Waals surface area contributed by atoms with Crippen molar-refractivity contribution in [1.29, 1.82) is 0 Å². The molecule has 1 aromatic rings. The summed E-state index contributed by atoms with van der Waals surface area (Å²) in [5.41, 5.74) is 6.80. The molecule has 2 rings (SSSR count). The Morgan fingerprint density at radius 2 is 2.00 bits per heavy atom. The van der Waals surface area contributed by atoms with E-state index < -0.39 is 0 Å². The Balaban J connectivity index is 2.06. The largest absolute Gasteiger partial charge is 0.350 e. The topological polar surface area (TPSA) is 38.5 Å². The van der Waals surface area contributed by atoms with E-state index in [9.17, 15) is 0 Å². The van der Waals surface area contributed by atoms with Crippen LogP contribution in [0.3, 0.4) is 0 Å². The summed E-state index contributed by atoms with van der Waals surface area (Å²) < 4.78 is 5.29. The van der Waals surface area contributed by atoms with Crippen LogP contribution in [-0.2, 0) is 11.2 Å². The molecule has 0 aromatic heterocycles. The monoisotopic (exact) mass is 163 g/mol. The van der Waals surface area contributed by atoms with E-state index in [0.29, 0.717) is 0 Å². The first-order valence-electron chi connectivity index (χ1n) is 4.18. The molecule has 2 unspecified atom stereocenters. The van der Waals surface area contributed by atoms with Crippen molar-refractivity contribution in [3.63, 3.8) is 0 Å². The zero-order valence-corrected chi connectivity index (χ0v) is 7.16. The average Bonchev–Trinajstić information content (AvgIpc) is 2.61. The molecule has 1 heterocycles. The lowest BCUT2D eigenvalue weighted by molar-refractivity contribution is 0.308. The second-order valence-corrected chi connectivity index (χ2v) is 3.51. The van der Waals surface area contributed by atoms with Crippen LogP contribution >= 0.6 is 0 Å². The minimum Gasteiger partial charge on any atom is -0.350 e. The van der Waals surface area contributed by atoms with Gasteiger partial charge in [-0.2, -0.15) is 0 Å². The van der Waals surface area contributed by atoms with Crippen molar-refractivity contribution >= 4 is 0 Å². The lowest BCUT2D eigenvalue weighted by Crippen LogP contribution is -2.19. The van der Waals surface area contributed by atoms with Gasteiger partial charge in [-0.3, -0.25) is 0 Å². The predicted octanol–water partition coefficient (Wildman–Crippen LogP) is 1.30. The number of rotatable bonds is 2. The maximum Gasteiger partial charge on any atom is 0.136 e. The van der Waals surface area contributed by atoms with Crippen LogP contribution in [0, 0.1) is 0 Å². The summed E-state index contributed by atoms with van der Waals surface area (Å²) >= 11 is 0. The minimum atomic E-state index is -0.110. The van der Waals surface area contributed by atoms with Gasteiger partial charge in [-0.05, 0) is 12.5 Å². The van der Waals surface area contributed by atoms with Gasteiger partial charge in [0.25, 0.3) is 0 Å². The lowest BCUT2D eigenvalue weighted by Gasteiger charge is -2.04. The first kappa shape index (κ1) is 7.77. The fourth-order valence-corrected chi connectivity index (χ4v) is 1.40. The van der Waals surface area contributed by atoms with Gasteiger partial charge in [0.05, 0.1) is 0 Å². The molecule has 64 valence electrons. The Bertz CT molecular complexity index is 272. The number of benzene rings is 1. The van der Waals surface area contributed by atoms with Crippen LogP contribution in [0.1, 0.15) is 12.5 Å². The van der Waals surface area contributed by atoms with Gasteiger partial charge in [0.1, 0.15) is 11.8 Å². The summed E-state index contributed by atoms with van der Waals surface area (Å²) in [5, 5.41) is 0. The van der Waals surface area contributed by atoms with Crippen LogP contribution in [0.5, 0.6) is 0 Å². The molecule has 1 fully saturated rings. The Kier molecular flexibility index (Phi) is 1.67. The Morgan fingerprint density at radius 3 is 2.50 bits per heavy atom. The molecule has 1 aliphatic rings.